The summed E-state index contributed by atoms with van der Waals surface area (Å²) >= 11 is 0. The number of piperazine rings is 1. The van der Waals surface area contributed by atoms with Gasteiger partial charge < -0.3 is 9.94 Å². The van der Waals surface area contributed by atoms with Crippen LogP contribution >= 0.6 is 0 Å². The summed E-state index contributed by atoms with van der Waals surface area (Å²) in [6.07, 6.45) is 3.67. The molecule has 2 aliphatic heterocycles. The van der Waals surface area contributed by atoms with Crippen molar-refractivity contribution >= 4 is 17.9 Å². The maximum absolute atomic E-state index is 10.9. The fourth-order valence-corrected chi connectivity index (χ4v) is 4.23. The summed E-state index contributed by atoms with van der Waals surface area (Å²) in [5.41, 5.74) is 4.40. The number of hydrazone groups is 1. The number of rotatable bonds is 10. The van der Waals surface area contributed by atoms with Gasteiger partial charge in [0.15, 0.2) is 0 Å². The van der Waals surface area contributed by atoms with E-state index in [0.717, 1.165) is 68.9 Å². The van der Waals surface area contributed by atoms with Crippen LogP contribution < -0.4 is 0 Å². The molecule has 4 rings (SSSR count). The van der Waals surface area contributed by atoms with Gasteiger partial charge in [0.2, 0.25) is 0 Å². The van der Waals surface area contributed by atoms with Crippen LogP contribution in [0.4, 0.5) is 0 Å². The van der Waals surface area contributed by atoms with Gasteiger partial charge in [-0.05, 0) is 23.1 Å². The van der Waals surface area contributed by atoms with E-state index < -0.39 is 5.97 Å². The molecule has 1 N–H and O–H groups in total. The second-order valence-corrected chi connectivity index (χ2v) is 8.92. The highest BCUT2D eigenvalue weighted by molar-refractivity contribution is 6.01. The van der Waals surface area contributed by atoms with Gasteiger partial charge in [-0.1, -0.05) is 59.8 Å². The summed E-state index contributed by atoms with van der Waals surface area (Å²) in [4.78, 5) is 20.9. The average molecular weight is 464 g/mol. The molecule has 2 aromatic carbocycles. The SMILES string of the molecule is CN(CCc1ccccc1)/N=C/c1ccc(C2=NOC(CN3CCN(CC(=O)O)CC3)C2)cc1. The first-order chi connectivity index (χ1) is 16.5. The summed E-state index contributed by atoms with van der Waals surface area (Å²) in [7, 11) is 1.99. The van der Waals surface area contributed by atoms with E-state index in [9.17, 15) is 4.79 Å². The van der Waals surface area contributed by atoms with Gasteiger partial charge in [0.25, 0.3) is 0 Å². The predicted molar refractivity (Wildman–Crippen MR) is 133 cm³/mol. The molecular weight excluding hydrogens is 430 g/mol. The Morgan fingerprint density at radius 1 is 1.12 bits per heavy atom. The van der Waals surface area contributed by atoms with Crippen molar-refractivity contribution in [3.8, 4) is 0 Å². The molecular formula is C26H33N5O3. The van der Waals surface area contributed by atoms with Crippen LogP contribution in [0, 0.1) is 0 Å². The Morgan fingerprint density at radius 3 is 2.53 bits per heavy atom. The van der Waals surface area contributed by atoms with Crippen LogP contribution in [0.1, 0.15) is 23.1 Å². The van der Waals surface area contributed by atoms with E-state index in [1.807, 2.05) is 29.2 Å². The third kappa shape index (κ3) is 7.13. The number of oxime groups is 1. The smallest absolute Gasteiger partial charge is 0.317 e. The third-order valence-electron chi connectivity index (χ3n) is 6.23. The minimum atomic E-state index is -0.766. The maximum atomic E-state index is 10.9. The highest BCUT2D eigenvalue weighted by Crippen LogP contribution is 2.18. The standard InChI is InChI=1S/C26H33N5O3/c1-29(12-11-21-5-3-2-4-6-21)27-18-22-7-9-23(10-8-22)25-17-24(34-28-25)19-30-13-15-31(16-14-30)20-26(32)33/h2-10,18,24H,11-17,19-20H2,1H3,(H,32,33)/b27-18+. The first-order valence-corrected chi connectivity index (χ1v) is 11.8. The Hall–Kier alpha value is -3.23. The van der Waals surface area contributed by atoms with Crippen LogP contribution in [0.25, 0.3) is 0 Å². The Bertz CT molecular complexity index is 985. The Morgan fingerprint density at radius 2 is 1.82 bits per heavy atom. The van der Waals surface area contributed by atoms with E-state index in [1.54, 1.807) is 0 Å². The molecule has 1 saturated heterocycles. The van der Waals surface area contributed by atoms with Crippen molar-refractivity contribution in [1.82, 2.24) is 14.8 Å². The Kier molecular flexibility index (Phi) is 8.27. The zero-order chi connectivity index (χ0) is 23.8. The van der Waals surface area contributed by atoms with E-state index in [2.05, 4.69) is 63.7 Å². The number of likely N-dealkylation sites (N-methyl/N-ethyl adjacent to an activating group) is 1. The maximum Gasteiger partial charge on any atom is 0.317 e. The molecule has 0 amide bonds. The number of carbonyl (C=O) groups is 1. The summed E-state index contributed by atoms with van der Waals surface area (Å²) in [6.45, 7) is 5.06. The molecule has 8 nitrogen and oxygen atoms in total. The summed E-state index contributed by atoms with van der Waals surface area (Å²) in [6, 6.07) is 18.7. The zero-order valence-corrected chi connectivity index (χ0v) is 19.7. The second-order valence-electron chi connectivity index (χ2n) is 8.92. The number of hydrogen-bond donors (Lipinski definition) is 1. The molecule has 34 heavy (non-hydrogen) atoms. The molecule has 1 atom stereocenters. The lowest BCUT2D eigenvalue weighted by Crippen LogP contribution is -2.49. The first-order valence-electron chi connectivity index (χ1n) is 11.8. The monoisotopic (exact) mass is 463 g/mol. The zero-order valence-electron chi connectivity index (χ0n) is 19.7. The third-order valence-corrected chi connectivity index (χ3v) is 6.23. The van der Waals surface area contributed by atoms with Gasteiger partial charge in [-0.25, -0.2) is 0 Å². The number of carboxylic acids is 1. The fraction of sp³-hybridized carbons (Fsp3) is 0.423. The van der Waals surface area contributed by atoms with Crippen molar-refractivity contribution in [3.05, 3.63) is 71.3 Å². The van der Waals surface area contributed by atoms with Crippen molar-refractivity contribution in [2.45, 2.75) is 18.9 Å². The molecule has 0 aliphatic carbocycles. The van der Waals surface area contributed by atoms with Crippen molar-refractivity contribution in [1.29, 1.82) is 0 Å². The minimum Gasteiger partial charge on any atom is -0.480 e. The average Bonchev–Trinajstić information content (AvgIpc) is 3.32. The lowest BCUT2D eigenvalue weighted by molar-refractivity contribution is -0.138. The fourth-order valence-electron chi connectivity index (χ4n) is 4.23. The normalized spacial score (nSPS) is 19.2. The van der Waals surface area contributed by atoms with Gasteiger partial charge >= 0.3 is 5.97 Å². The van der Waals surface area contributed by atoms with Crippen molar-refractivity contribution in [2.24, 2.45) is 10.3 Å². The first kappa shape index (κ1) is 23.9. The van der Waals surface area contributed by atoms with Gasteiger partial charge in [0, 0.05) is 52.7 Å². The highest BCUT2D eigenvalue weighted by Gasteiger charge is 2.26. The number of nitrogens with zero attached hydrogens (tertiary/aromatic N) is 5. The van der Waals surface area contributed by atoms with Crippen LogP contribution in [0.2, 0.25) is 0 Å². The Labute approximate surface area is 201 Å². The van der Waals surface area contributed by atoms with Crippen LogP contribution in [0.5, 0.6) is 0 Å². The van der Waals surface area contributed by atoms with E-state index in [4.69, 9.17) is 9.94 Å². The van der Waals surface area contributed by atoms with Crippen LogP contribution in [0.15, 0.2) is 64.9 Å². The van der Waals surface area contributed by atoms with Gasteiger partial charge in [-0.2, -0.15) is 5.10 Å². The number of hydrogen-bond acceptors (Lipinski definition) is 7. The molecule has 2 aromatic rings. The van der Waals surface area contributed by atoms with Gasteiger partial charge in [0.05, 0.1) is 18.5 Å². The van der Waals surface area contributed by atoms with Crippen LogP contribution in [-0.2, 0) is 16.1 Å². The van der Waals surface area contributed by atoms with Crippen LogP contribution in [-0.4, -0.2) is 96.8 Å². The van der Waals surface area contributed by atoms with Gasteiger partial charge in [-0.3, -0.25) is 19.6 Å². The van der Waals surface area contributed by atoms with Crippen molar-refractivity contribution in [3.63, 3.8) is 0 Å². The van der Waals surface area contributed by atoms with E-state index in [-0.39, 0.29) is 12.6 Å². The van der Waals surface area contributed by atoms with Gasteiger partial charge in [-0.15, -0.1) is 0 Å². The van der Waals surface area contributed by atoms with E-state index >= 15 is 0 Å². The molecule has 2 aliphatic rings. The van der Waals surface area contributed by atoms with Crippen LogP contribution in [0.3, 0.4) is 0 Å². The summed E-state index contributed by atoms with van der Waals surface area (Å²) in [5, 5.41) is 19.8. The topological polar surface area (TPSA) is 81.0 Å². The Balaban J connectivity index is 1.20. The largest absolute Gasteiger partial charge is 0.480 e. The minimum absolute atomic E-state index is 0.0422. The molecule has 0 spiro atoms. The molecule has 0 aromatic heterocycles. The lowest BCUT2D eigenvalue weighted by Gasteiger charge is -2.34. The molecule has 180 valence electrons. The molecule has 0 saturated carbocycles. The van der Waals surface area contributed by atoms with E-state index in [1.165, 1.54) is 5.56 Å². The number of carboxylic acid groups (broad SMARTS) is 1. The number of benzene rings is 2. The molecule has 0 radical (unpaired) electrons. The second kappa shape index (κ2) is 11.8. The number of aliphatic carboxylic acids is 1. The summed E-state index contributed by atoms with van der Waals surface area (Å²) in [5.74, 6) is -0.766. The molecule has 1 fully saturated rings. The lowest BCUT2D eigenvalue weighted by atomic mass is 10.0. The summed E-state index contributed by atoms with van der Waals surface area (Å²) < 4.78 is 0. The van der Waals surface area contributed by atoms with Gasteiger partial charge in [0.1, 0.15) is 6.10 Å². The molecule has 0 bridgehead atoms. The van der Waals surface area contributed by atoms with Crippen molar-refractivity contribution < 1.29 is 14.7 Å². The predicted octanol–water partition coefficient (Wildman–Crippen LogP) is 2.39. The quantitative estimate of drug-likeness (QED) is 0.431. The highest BCUT2D eigenvalue weighted by atomic mass is 16.6. The molecule has 2 heterocycles. The van der Waals surface area contributed by atoms with E-state index in [0.29, 0.717) is 0 Å². The molecule has 1 unspecified atom stereocenters. The van der Waals surface area contributed by atoms with Crippen molar-refractivity contribution in [2.75, 3.05) is 52.9 Å². The molecule has 8 heteroatoms.